The SMILES string of the molecule is N#CCCN(C(=O)COC(=O)c1cccc(I)c1)c1ccc(F)cc1. The van der Waals surface area contributed by atoms with Gasteiger partial charge in [0.2, 0.25) is 0 Å². The van der Waals surface area contributed by atoms with Gasteiger partial charge in [-0.3, -0.25) is 4.79 Å². The van der Waals surface area contributed by atoms with Crippen molar-refractivity contribution in [3.05, 3.63) is 63.5 Å². The molecular formula is C18H14FIN2O3. The molecule has 1 amide bonds. The number of hydrogen-bond donors (Lipinski definition) is 0. The lowest BCUT2D eigenvalue weighted by Crippen LogP contribution is -2.35. The standard InChI is InChI=1S/C18H14FIN2O3/c19-14-5-7-16(8-6-14)22(10-2-9-21)17(23)12-25-18(24)13-3-1-4-15(20)11-13/h1,3-8,11H,2,10,12H2. The molecule has 0 spiro atoms. The van der Waals surface area contributed by atoms with Gasteiger partial charge in [0, 0.05) is 15.8 Å². The van der Waals surface area contributed by atoms with Gasteiger partial charge in [0.05, 0.1) is 18.1 Å². The van der Waals surface area contributed by atoms with Gasteiger partial charge in [-0.2, -0.15) is 5.26 Å². The zero-order valence-electron chi connectivity index (χ0n) is 13.1. The fourth-order valence-corrected chi connectivity index (χ4v) is 2.63. The molecule has 0 saturated carbocycles. The van der Waals surface area contributed by atoms with Crippen molar-refractivity contribution in [1.82, 2.24) is 0 Å². The maximum atomic E-state index is 13.1. The van der Waals surface area contributed by atoms with Crippen LogP contribution in [0.4, 0.5) is 10.1 Å². The first-order chi connectivity index (χ1) is 12.0. The molecule has 0 aliphatic carbocycles. The van der Waals surface area contributed by atoms with E-state index in [2.05, 4.69) is 22.6 Å². The van der Waals surface area contributed by atoms with Gasteiger partial charge in [-0.25, -0.2) is 9.18 Å². The summed E-state index contributed by atoms with van der Waals surface area (Å²) in [6, 6.07) is 14.1. The molecular weight excluding hydrogens is 438 g/mol. The van der Waals surface area contributed by atoms with E-state index < -0.39 is 24.3 Å². The van der Waals surface area contributed by atoms with Gasteiger partial charge in [0.15, 0.2) is 6.61 Å². The van der Waals surface area contributed by atoms with E-state index in [0.717, 1.165) is 3.57 Å². The summed E-state index contributed by atoms with van der Waals surface area (Å²) in [4.78, 5) is 25.7. The number of carbonyl (C=O) groups is 2. The van der Waals surface area contributed by atoms with Crippen molar-refractivity contribution in [1.29, 1.82) is 5.26 Å². The van der Waals surface area contributed by atoms with Crippen molar-refractivity contribution in [2.45, 2.75) is 6.42 Å². The number of nitrogens with zero attached hydrogens (tertiary/aromatic N) is 2. The quantitative estimate of drug-likeness (QED) is 0.497. The molecule has 0 radical (unpaired) electrons. The van der Waals surface area contributed by atoms with Crippen molar-refractivity contribution in [2.24, 2.45) is 0 Å². The Morgan fingerprint density at radius 3 is 2.56 bits per heavy atom. The normalized spacial score (nSPS) is 9.96. The molecule has 0 fully saturated rings. The first kappa shape index (κ1) is 18.9. The predicted molar refractivity (Wildman–Crippen MR) is 98.4 cm³/mol. The summed E-state index contributed by atoms with van der Waals surface area (Å²) in [5.41, 5.74) is 0.789. The maximum Gasteiger partial charge on any atom is 0.338 e. The Balaban J connectivity index is 2.05. The van der Waals surface area contributed by atoms with Crippen LogP contribution < -0.4 is 4.90 Å². The monoisotopic (exact) mass is 452 g/mol. The van der Waals surface area contributed by atoms with Gasteiger partial charge in [0.1, 0.15) is 5.82 Å². The number of carbonyl (C=O) groups excluding carboxylic acids is 2. The number of rotatable bonds is 6. The number of anilines is 1. The number of hydrogen-bond acceptors (Lipinski definition) is 4. The van der Waals surface area contributed by atoms with Crippen LogP contribution in [-0.4, -0.2) is 25.0 Å². The van der Waals surface area contributed by atoms with Crippen LogP contribution in [-0.2, 0) is 9.53 Å². The minimum atomic E-state index is -0.605. The highest BCUT2D eigenvalue weighted by molar-refractivity contribution is 14.1. The molecule has 2 aromatic carbocycles. The fraction of sp³-hybridized carbons (Fsp3) is 0.167. The zero-order valence-corrected chi connectivity index (χ0v) is 15.3. The van der Waals surface area contributed by atoms with Crippen molar-refractivity contribution in [2.75, 3.05) is 18.1 Å². The van der Waals surface area contributed by atoms with E-state index in [9.17, 15) is 14.0 Å². The first-order valence-electron chi connectivity index (χ1n) is 7.37. The molecule has 0 aromatic heterocycles. The molecule has 0 bridgehead atoms. The second-order valence-electron chi connectivity index (χ2n) is 5.02. The Morgan fingerprint density at radius 1 is 1.20 bits per heavy atom. The molecule has 0 saturated heterocycles. The number of benzene rings is 2. The highest BCUT2D eigenvalue weighted by Crippen LogP contribution is 2.16. The molecule has 0 N–H and O–H groups in total. The van der Waals surface area contributed by atoms with Crippen LogP contribution in [0.25, 0.3) is 0 Å². The van der Waals surface area contributed by atoms with Gasteiger partial charge in [-0.05, 0) is 65.1 Å². The molecule has 2 rings (SSSR count). The molecule has 0 aliphatic heterocycles. The summed E-state index contributed by atoms with van der Waals surface area (Å²) in [5.74, 6) is -1.52. The summed E-state index contributed by atoms with van der Waals surface area (Å²) in [7, 11) is 0. The van der Waals surface area contributed by atoms with Crippen LogP contribution >= 0.6 is 22.6 Å². The van der Waals surface area contributed by atoms with E-state index in [1.54, 1.807) is 18.2 Å². The largest absolute Gasteiger partial charge is 0.452 e. The van der Waals surface area contributed by atoms with Crippen LogP contribution in [0.1, 0.15) is 16.8 Å². The smallest absolute Gasteiger partial charge is 0.338 e. The average molecular weight is 452 g/mol. The van der Waals surface area contributed by atoms with Gasteiger partial charge >= 0.3 is 5.97 Å². The van der Waals surface area contributed by atoms with Crippen molar-refractivity contribution in [3.63, 3.8) is 0 Å². The summed E-state index contributed by atoms with van der Waals surface area (Å²) in [5, 5.41) is 8.75. The minimum Gasteiger partial charge on any atom is -0.452 e. The van der Waals surface area contributed by atoms with E-state index in [0.29, 0.717) is 11.3 Å². The molecule has 7 heteroatoms. The van der Waals surface area contributed by atoms with Crippen molar-refractivity contribution < 1.29 is 18.7 Å². The summed E-state index contributed by atoms with van der Waals surface area (Å²) >= 11 is 2.07. The molecule has 0 aliphatic rings. The third kappa shape index (κ3) is 5.53. The fourth-order valence-electron chi connectivity index (χ4n) is 2.08. The van der Waals surface area contributed by atoms with Gasteiger partial charge in [-0.15, -0.1) is 0 Å². The van der Waals surface area contributed by atoms with E-state index >= 15 is 0 Å². The van der Waals surface area contributed by atoms with Gasteiger partial charge in [-0.1, -0.05) is 6.07 Å². The van der Waals surface area contributed by atoms with E-state index in [-0.39, 0.29) is 13.0 Å². The number of amides is 1. The Bertz CT molecular complexity index is 803. The van der Waals surface area contributed by atoms with Crippen LogP contribution in [0.5, 0.6) is 0 Å². The predicted octanol–water partition coefficient (Wildman–Crippen LogP) is 3.53. The summed E-state index contributed by atoms with van der Waals surface area (Å²) in [6.45, 7) is -0.338. The number of ether oxygens (including phenoxy) is 1. The first-order valence-corrected chi connectivity index (χ1v) is 8.44. The molecule has 128 valence electrons. The van der Waals surface area contributed by atoms with Crippen LogP contribution in [0, 0.1) is 20.7 Å². The molecule has 25 heavy (non-hydrogen) atoms. The van der Waals surface area contributed by atoms with E-state index in [1.807, 2.05) is 12.1 Å². The average Bonchev–Trinajstić information content (AvgIpc) is 2.61. The maximum absolute atomic E-state index is 13.1. The lowest BCUT2D eigenvalue weighted by atomic mass is 10.2. The lowest BCUT2D eigenvalue weighted by Gasteiger charge is -2.21. The number of esters is 1. The Labute approximate surface area is 158 Å². The lowest BCUT2D eigenvalue weighted by molar-refractivity contribution is -0.121. The molecule has 5 nitrogen and oxygen atoms in total. The minimum absolute atomic E-state index is 0.105. The number of nitriles is 1. The third-order valence-corrected chi connectivity index (χ3v) is 3.94. The number of halogens is 2. The van der Waals surface area contributed by atoms with Crippen LogP contribution in [0.2, 0.25) is 0 Å². The highest BCUT2D eigenvalue weighted by Gasteiger charge is 2.18. The van der Waals surface area contributed by atoms with Crippen LogP contribution in [0.15, 0.2) is 48.5 Å². The van der Waals surface area contributed by atoms with Crippen molar-refractivity contribution >= 4 is 40.2 Å². The van der Waals surface area contributed by atoms with Crippen LogP contribution in [0.3, 0.4) is 0 Å². The third-order valence-electron chi connectivity index (χ3n) is 3.27. The Morgan fingerprint density at radius 2 is 1.92 bits per heavy atom. The second kappa shape index (κ2) is 9.13. The Hall–Kier alpha value is -2.47. The zero-order chi connectivity index (χ0) is 18.2. The molecule has 2 aromatic rings. The molecule has 0 atom stereocenters. The summed E-state index contributed by atoms with van der Waals surface area (Å²) < 4.78 is 19.0. The van der Waals surface area contributed by atoms with Gasteiger partial charge in [0.25, 0.3) is 5.91 Å². The highest BCUT2D eigenvalue weighted by atomic mass is 127. The van der Waals surface area contributed by atoms with E-state index in [1.165, 1.54) is 29.2 Å². The van der Waals surface area contributed by atoms with Crippen molar-refractivity contribution in [3.8, 4) is 6.07 Å². The molecule has 0 unspecified atom stereocenters. The van der Waals surface area contributed by atoms with E-state index in [4.69, 9.17) is 10.00 Å². The summed E-state index contributed by atoms with van der Waals surface area (Å²) in [6.07, 6.45) is 0.105. The second-order valence-corrected chi connectivity index (χ2v) is 6.26. The molecule has 0 heterocycles. The van der Waals surface area contributed by atoms with Gasteiger partial charge < -0.3 is 9.64 Å². The Kier molecular flexibility index (Phi) is 6.89. The topological polar surface area (TPSA) is 70.4 Å².